The van der Waals surface area contributed by atoms with Crippen molar-refractivity contribution in [2.24, 2.45) is 11.8 Å². The van der Waals surface area contributed by atoms with Gasteiger partial charge < -0.3 is 9.84 Å². The normalized spacial score (nSPS) is 19.5. The number of carboxylic acid groups (broad SMARTS) is 1. The van der Waals surface area contributed by atoms with E-state index in [1.54, 1.807) is 18.2 Å². The maximum Gasteiger partial charge on any atom is 0.416 e. The van der Waals surface area contributed by atoms with Gasteiger partial charge in [-0.25, -0.2) is 0 Å². The van der Waals surface area contributed by atoms with E-state index in [-0.39, 0.29) is 22.6 Å². The predicted molar refractivity (Wildman–Crippen MR) is 85.9 cm³/mol. The number of alkyl halides is 3. The third-order valence-corrected chi connectivity index (χ3v) is 4.42. The average Bonchev–Trinajstić information content (AvgIpc) is 3.28. The molecule has 2 aromatic rings. The summed E-state index contributed by atoms with van der Waals surface area (Å²) in [6, 6.07) is 9.93. The topological polar surface area (TPSA) is 46.5 Å². The fourth-order valence-corrected chi connectivity index (χ4v) is 2.92. The van der Waals surface area contributed by atoms with Gasteiger partial charge in [0.05, 0.1) is 16.5 Å². The molecule has 3 rings (SSSR count). The number of benzene rings is 2. The lowest BCUT2D eigenvalue weighted by atomic mass is 10.1. The van der Waals surface area contributed by atoms with Crippen molar-refractivity contribution in [1.82, 2.24) is 0 Å². The van der Waals surface area contributed by atoms with Crippen LogP contribution in [0.1, 0.15) is 17.5 Å². The first kappa shape index (κ1) is 17.6. The monoisotopic (exact) mass is 370 g/mol. The summed E-state index contributed by atoms with van der Waals surface area (Å²) in [5, 5.41) is 8.81. The molecule has 2 aromatic carbocycles. The molecule has 7 heteroatoms. The average molecular weight is 371 g/mol. The standard InChI is InChI=1S/C18H14ClF3O3/c19-15-9-12(18(20,21)22)4-5-16(15)25-13-3-1-2-10(7-13)6-11-8-14(11)17(23)24/h1-5,7,9,11,14H,6,8H2,(H,23,24)/t11-,14-/m1/s1. The van der Waals surface area contributed by atoms with Crippen molar-refractivity contribution in [2.45, 2.75) is 19.0 Å². The molecule has 0 radical (unpaired) electrons. The van der Waals surface area contributed by atoms with Gasteiger partial charge in [0.15, 0.2) is 0 Å². The second kappa shape index (κ2) is 6.59. The molecule has 1 fully saturated rings. The number of hydrogen-bond donors (Lipinski definition) is 1. The first-order valence-electron chi connectivity index (χ1n) is 7.60. The van der Waals surface area contributed by atoms with Crippen molar-refractivity contribution >= 4 is 17.6 Å². The van der Waals surface area contributed by atoms with E-state index in [1.807, 2.05) is 6.07 Å². The van der Waals surface area contributed by atoms with Gasteiger partial charge in [0.25, 0.3) is 0 Å². The van der Waals surface area contributed by atoms with E-state index in [0.717, 1.165) is 17.7 Å². The SMILES string of the molecule is O=C(O)[C@@H]1C[C@H]1Cc1cccc(Oc2ccc(C(F)(F)F)cc2Cl)c1. The molecule has 0 bridgehead atoms. The van der Waals surface area contributed by atoms with Gasteiger partial charge in [-0.2, -0.15) is 13.2 Å². The molecule has 25 heavy (non-hydrogen) atoms. The fourth-order valence-electron chi connectivity index (χ4n) is 2.70. The number of aliphatic carboxylic acids is 1. The van der Waals surface area contributed by atoms with Crippen LogP contribution < -0.4 is 4.74 Å². The highest BCUT2D eigenvalue weighted by Crippen LogP contribution is 2.42. The molecule has 0 heterocycles. The second-order valence-electron chi connectivity index (χ2n) is 6.04. The molecule has 0 aliphatic heterocycles. The van der Waals surface area contributed by atoms with Crippen LogP contribution >= 0.6 is 11.6 Å². The minimum Gasteiger partial charge on any atom is -0.481 e. The molecule has 3 nitrogen and oxygen atoms in total. The van der Waals surface area contributed by atoms with E-state index in [9.17, 15) is 18.0 Å². The van der Waals surface area contributed by atoms with Crippen LogP contribution in [0.2, 0.25) is 5.02 Å². The summed E-state index contributed by atoms with van der Waals surface area (Å²) in [6.07, 6.45) is -3.19. The van der Waals surface area contributed by atoms with E-state index >= 15 is 0 Å². The Balaban J connectivity index is 1.71. The molecule has 132 valence electrons. The summed E-state index contributed by atoms with van der Waals surface area (Å²) in [6.45, 7) is 0. The minimum atomic E-state index is -4.47. The lowest BCUT2D eigenvalue weighted by molar-refractivity contribution is -0.139. The van der Waals surface area contributed by atoms with Crippen molar-refractivity contribution in [1.29, 1.82) is 0 Å². The van der Waals surface area contributed by atoms with E-state index in [1.165, 1.54) is 6.07 Å². The maximum atomic E-state index is 12.7. The zero-order valence-electron chi connectivity index (χ0n) is 12.9. The third kappa shape index (κ3) is 4.25. The van der Waals surface area contributed by atoms with Gasteiger partial charge in [-0.05, 0) is 54.7 Å². The summed E-state index contributed by atoms with van der Waals surface area (Å²) < 4.78 is 43.5. The van der Waals surface area contributed by atoms with E-state index in [2.05, 4.69) is 0 Å². The first-order chi connectivity index (χ1) is 11.7. The van der Waals surface area contributed by atoms with Crippen LogP contribution in [-0.2, 0) is 17.4 Å². The molecule has 0 unspecified atom stereocenters. The predicted octanol–water partition coefficient (Wildman–Crippen LogP) is 5.41. The molecule has 0 aromatic heterocycles. The van der Waals surface area contributed by atoms with Crippen LogP contribution in [0.5, 0.6) is 11.5 Å². The lowest BCUT2D eigenvalue weighted by Crippen LogP contribution is -2.04. The Morgan fingerprint density at radius 2 is 2.00 bits per heavy atom. The molecule has 1 aliphatic carbocycles. The number of halogens is 4. The van der Waals surface area contributed by atoms with E-state index in [0.29, 0.717) is 18.6 Å². The minimum absolute atomic E-state index is 0.113. The number of rotatable bonds is 5. The largest absolute Gasteiger partial charge is 0.481 e. The summed E-state index contributed by atoms with van der Waals surface area (Å²) >= 11 is 5.88. The van der Waals surface area contributed by atoms with Crippen molar-refractivity contribution < 1.29 is 27.8 Å². The number of carbonyl (C=O) groups is 1. The molecular weight excluding hydrogens is 357 g/mol. The van der Waals surface area contributed by atoms with Gasteiger partial charge in [0, 0.05) is 0 Å². The van der Waals surface area contributed by atoms with Gasteiger partial charge in [0.2, 0.25) is 0 Å². The highest BCUT2D eigenvalue weighted by Gasteiger charge is 2.42. The van der Waals surface area contributed by atoms with Crippen molar-refractivity contribution in [3.63, 3.8) is 0 Å². The molecule has 0 spiro atoms. The van der Waals surface area contributed by atoms with Gasteiger partial charge in [-0.3, -0.25) is 4.79 Å². The Morgan fingerprint density at radius 1 is 1.24 bits per heavy atom. The summed E-state index contributed by atoms with van der Waals surface area (Å²) in [5.41, 5.74) is 0.0707. The number of ether oxygens (including phenoxy) is 1. The quantitative estimate of drug-likeness (QED) is 0.765. The smallest absolute Gasteiger partial charge is 0.416 e. The highest BCUT2D eigenvalue weighted by molar-refractivity contribution is 6.32. The van der Waals surface area contributed by atoms with Crippen LogP contribution in [0, 0.1) is 11.8 Å². The third-order valence-electron chi connectivity index (χ3n) is 4.12. The van der Waals surface area contributed by atoms with Crippen LogP contribution in [0.15, 0.2) is 42.5 Å². The Hall–Kier alpha value is -2.21. The second-order valence-corrected chi connectivity index (χ2v) is 6.44. The van der Waals surface area contributed by atoms with Crippen molar-refractivity contribution in [3.05, 3.63) is 58.6 Å². The van der Waals surface area contributed by atoms with Crippen LogP contribution in [0.3, 0.4) is 0 Å². The lowest BCUT2D eigenvalue weighted by Gasteiger charge is -2.12. The Morgan fingerprint density at radius 3 is 2.60 bits per heavy atom. The highest BCUT2D eigenvalue weighted by atomic mass is 35.5. The van der Waals surface area contributed by atoms with Crippen LogP contribution in [0.25, 0.3) is 0 Å². The molecule has 0 saturated heterocycles. The number of carboxylic acids is 1. The van der Waals surface area contributed by atoms with E-state index in [4.69, 9.17) is 21.4 Å². The fraction of sp³-hybridized carbons (Fsp3) is 0.278. The Labute approximate surface area is 147 Å². The molecular formula is C18H14ClF3O3. The van der Waals surface area contributed by atoms with Crippen molar-refractivity contribution in [3.8, 4) is 11.5 Å². The molecule has 1 N–H and O–H groups in total. The Bertz CT molecular complexity index is 804. The van der Waals surface area contributed by atoms with Crippen LogP contribution in [0.4, 0.5) is 13.2 Å². The van der Waals surface area contributed by atoms with Crippen molar-refractivity contribution in [2.75, 3.05) is 0 Å². The zero-order chi connectivity index (χ0) is 18.2. The summed E-state index contributed by atoms with van der Waals surface area (Å²) in [5.74, 6) is -0.404. The molecule has 1 saturated carbocycles. The Kier molecular flexibility index (Phi) is 4.64. The van der Waals surface area contributed by atoms with Gasteiger partial charge in [-0.15, -0.1) is 0 Å². The molecule has 0 amide bonds. The first-order valence-corrected chi connectivity index (χ1v) is 7.98. The summed E-state index contributed by atoms with van der Waals surface area (Å²) in [7, 11) is 0. The van der Waals surface area contributed by atoms with Crippen LogP contribution in [-0.4, -0.2) is 11.1 Å². The number of hydrogen-bond acceptors (Lipinski definition) is 2. The van der Waals surface area contributed by atoms with E-state index < -0.39 is 17.7 Å². The molecule has 2 atom stereocenters. The van der Waals surface area contributed by atoms with Gasteiger partial charge in [-0.1, -0.05) is 23.7 Å². The molecule has 1 aliphatic rings. The van der Waals surface area contributed by atoms with Gasteiger partial charge >= 0.3 is 12.1 Å². The zero-order valence-corrected chi connectivity index (χ0v) is 13.6. The maximum absolute atomic E-state index is 12.7. The van der Waals surface area contributed by atoms with Gasteiger partial charge in [0.1, 0.15) is 11.5 Å². The summed E-state index contributed by atoms with van der Waals surface area (Å²) in [4.78, 5) is 10.9.